The van der Waals surface area contributed by atoms with Gasteiger partial charge in [-0.15, -0.1) is 0 Å². The van der Waals surface area contributed by atoms with Crippen molar-refractivity contribution in [1.29, 1.82) is 0 Å². The first kappa shape index (κ1) is 13.9. The Morgan fingerprint density at radius 3 is 2.62 bits per heavy atom. The Labute approximate surface area is 124 Å². The molecule has 2 aromatic rings. The van der Waals surface area contributed by atoms with Gasteiger partial charge >= 0.3 is 0 Å². The summed E-state index contributed by atoms with van der Waals surface area (Å²) in [5, 5.41) is 3.29. The van der Waals surface area contributed by atoms with Gasteiger partial charge in [-0.05, 0) is 45.0 Å². The Balaban J connectivity index is 1.92. The van der Waals surface area contributed by atoms with Gasteiger partial charge in [0, 0.05) is 25.2 Å². The summed E-state index contributed by atoms with van der Waals surface area (Å²) in [6, 6.07) is 5.84. The van der Waals surface area contributed by atoms with Crippen molar-refractivity contribution in [3.8, 4) is 0 Å². The summed E-state index contributed by atoms with van der Waals surface area (Å²) in [4.78, 5) is 23.4. The van der Waals surface area contributed by atoms with Crippen LogP contribution in [0.3, 0.4) is 0 Å². The zero-order chi connectivity index (χ0) is 15.0. The van der Waals surface area contributed by atoms with Crippen LogP contribution >= 0.6 is 0 Å². The molecule has 1 aliphatic heterocycles. The van der Waals surface area contributed by atoms with Gasteiger partial charge in [-0.3, -0.25) is 4.79 Å². The Hall–Kier alpha value is -2.01. The lowest BCUT2D eigenvalue weighted by Gasteiger charge is -2.23. The first-order valence-corrected chi connectivity index (χ1v) is 7.29. The van der Waals surface area contributed by atoms with E-state index in [1.165, 1.54) is 0 Å². The number of aryl methyl sites for hydroxylation is 2. The summed E-state index contributed by atoms with van der Waals surface area (Å²) in [5.41, 5.74) is 4.12. The average Bonchev–Trinajstić information content (AvgIpc) is 3.00. The van der Waals surface area contributed by atoms with E-state index in [4.69, 9.17) is 0 Å². The number of fused-ring (bicyclic) bond motifs is 1. The van der Waals surface area contributed by atoms with E-state index in [1.54, 1.807) is 0 Å². The highest BCUT2D eigenvalue weighted by Crippen LogP contribution is 2.17. The van der Waals surface area contributed by atoms with Crippen molar-refractivity contribution in [3.63, 3.8) is 0 Å². The maximum absolute atomic E-state index is 12.6. The van der Waals surface area contributed by atoms with Crippen molar-refractivity contribution in [1.82, 2.24) is 20.2 Å². The largest absolute Gasteiger partial charge is 0.337 e. The molecule has 1 aromatic carbocycles. The first-order chi connectivity index (χ1) is 10.1. The Morgan fingerprint density at radius 1 is 1.24 bits per heavy atom. The number of nitrogens with zero attached hydrogens (tertiary/aromatic N) is 3. The van der Waals surface area contributed by atoms with Crippen LogP contribution in [0.15, 0.2) is 18.2 Å². The number of aromatic nitrogens is 2. The lowest BCUT2D eigenvalue weighted by molar-refractivity contribution is 0.0744. The molecule has 1 atom stereocenters. The Morgan fingerprint density at radius 2 is 1.95 bits per heavy atom. The Bertz CT molecular complexity index is 692. The molecular weight excluding hydrogens is 264 g/mol. The third kappa shape index (κ3) is 2.61. The number of likely N-dealkylation sites (N-methyl/N-ethyl adjacent to an activating group) is 1. The smallest absolute Gasteiger partial charge is 0.253 e. The fourth-order valence-electron chi connectivity index (χ4n) is 2.70. The van der Waals surface area contributed by atoms with Crippen LogP contribution in [0.5, 0.6) is 0 Å². The molecule has 0 radical (unpaired) electrons. The summed E-state index contributed by atoms with van der Waals surface area (Å²) in [7, 11) is 1.87. The highest BCUT2D eigenvalue weighted by Gasteiger charge is 2.24. The van der Waals surface area contributed by atoms with Crippen LogP contribution in [0.25, 0.3) is 11.0 Å². The van der Waals surface area contributed by atoms with Crippen LogP contribution in [-0.2, 0) is 0 Å². The van der Waals surface area contributed by atoms with Gasteiger partial charge in [0.05, 0.1) is 22.4 Å². The maximum atomic E-state index is 12.6. The van der Waals surface area contributed by atoms with Crippen molar-refractivity contribution in [2.45, 2.75) is 26.3 Å². The van der Waals surface area contributed by atoms with Crippen LogP contribution in [0.4, 0.5) is 0 Å². The van der Waals surface area contributed by atoms with Gasteiger partial charge < -0.3 is 10.2 Å². The molecule has 1 aromatic heterocycles. The molecule has 0 bridgehead atoms. The molecule has 0 aliphatic carbocycles. The summed E-state index contributed by atoms with van der Waals surface area (Å²) >= 11 is 0. The number of benzene rings is 1. The van der Waals surface area contributed by atoms with Crippen molar-refractivity contribution < 1.29 is 4.79 Å². The summed E-state index contributed by atoms with van der Waals surface area (Å²) in [6.07, 6.45) is 1.01. The number of carbonyl (C=O) groups excluding carboxylic acids is 1. The minimum atomic E-state index is 0.0469. The molecule has 110 valence electrons. The molecule has 0 saturated carbocycles. The summed E-state index contributed by atoms with van der Waals surface area (Å²) in [6.45, 7) is 5.73. The SMILES string of the molecule is Cc1nc2ccc(C(=O)N(C)C3CCNC3)cc2nc1C. The molecular formula is C16H20N4O. The van der Waals surface area contributed by atoms with E-state index in [1.807, 2.05) is 44.0 Å². The molecule has 1 fully saturated rings. The van der Waals surface area contributed by atoms with Crippen LogP contribution in [0.1, 0.15) is 28.2 Å². The molecule has 0 spiro atoms. The van der Waals surface area contributed by atoms with E-state index < -0.39 is 0 Å². The number of hydrogen-bond acceptors (Lipinski definition) is 4. The van der Waals surface area contributed by atoms with Crippen LogP contribution in [-0.4, -0.2) is 47.0 Å². The van der Waals surface area contributed by atoms with Gasteiger partial charge in [-0.1, -0.05) is 0 Å². The average molecular weight is 284 g/mol. The highest BCUT2D eigenvalue weighted by molar-refractivity contribution is 5.97. The molecule has 5 heteroatoms. The number of rotatable bonds is 2. The minimum Gasteiger partial charge on any atom is -0.337 e. The number of nitrogens with one attached hydrogen (secondary N) is 1. The minimum absolute atomic E-state index is 0.0469. The van der Waals surface area contributed by atoms with Gasteiger partial charge in [0.15, 0.2) is 0 Å². The predicted molar refractivity (Wildman–Crippen MR) is 82.4 cm³/mol. The summed E-state index contributed by atoms with van der Waals surface area (Å²) in [5.74, 6) is 0.0469. The normalized spacial score (nSPS) is 18.1. The fraction of sp³-hybridized carbons (Fsp3) is 0.438. The predicted octanol–water partition coefficient (Wildman–Crippen LogP) is 1.68. The monoisotopic (exact) mass is 284 g/mol. The third-order valence-corrected chi connectivity index (χ3v) is 4.22. The van der Waals surface area contributed by atoms with Crippen LogP contribution in [0.2, 0.25) is 0 Å². The molecule has 21 heavy (non-hydrogen) atoms. The Kier molecular flexibility index (Phi) is 3.59. The second kappa shape index (κ2) is 5.41. The van der Waals surface area contributed by atoms with Gasteiger partial charge in [-0.25, -0.2) is 9.97 Å². The van der Waals surface area contributed by atoms with Crippen LogP contribution < -0.4 is 5.32 Å². The van der Waals surface area contributed by atoms with Crippen molar-refractivity contribution >= 4 is 16.9 Å². The van der Waals surface area contributed by atoms with Gasteiger partial charge in [0.25, 0.3) is 5.91 Å². The molecule has 1 unspecified atom stereocenters. The maximum Gasteiger partial charge on any atom is 0.253 e. The second-order valence-corrected chi connectivity index (χ2v) is 5.66. The highest BCUT2D eigenvalue weighted by atomic mass is 16.2. The van der Waals surface area contributed by atoms with Crippen LogP contribution in [0, 0.1) is 13.8 Å². The zero-order valence-electron chi connectivity index (χ0n) is 12.7. The molecule has 1 aliphatic rings. The second-order valence-electron chi connectivity index (χ2n) is 5.66. The van der Waals surface area contributed by atoms with Gasteiger partial charge in [0.2, 0.25) is 0 Å². The molecule has 5 nitrogen and oxygen atoms in total. The molecule has 1 saturated heterocycles. The van der Waals surface area contributed by atoms with E-state index in [0.717, 1.165) is 41.9 Å². The number of hydrogen-bond donors (Lipinski definition) is 1. The van der Waals surface area contributed by atoms with Crippen molar-refractivity contribution in [3.05, 3.63) is 35.2 Å². The summed E-state index contributed by atoms with van der Waals surface area (Å²) < 4.78 is 0. The zero-order valence-corrected chi connectivity index (χ0v) is 12.7. The lowest BCUT2D eigenvalue weighted by atomic mass is 10.1. The molecule has 1 N–H and O–H groups in total. The standard InChI is InChI=1S/C16H20N4O/c1-10-11(2)19-15-8-12(4-5-14(15)18-10)16(21)20(3)13-6-7-17-9-13/h4-5,8,13,17H,6-7,9H2,1-3H3. The number of amides is 1. The van der Waals surface area contributed by atoms with Gasteiger partial charge in [-0.2, -0.15) is 0 Å². The van der Waals surface area contributed by atoms with E-state index in [-0.39, 0.29) is 11.9 Å². The third-order valence-electron chi connectivity index (χ3n) is 4.22. The van der Waals surface area contributed by atoms with Crippen molar-refractivity contribution in [2.75, 3.05) is 20.1 Å². The van der Waals surface area contributed by atoms with E-state index >= 15 is 0 Å². The van der Waals surface area contributed by atoms with E-state index in [0.29, 0.717) is 5.56 Å². The molecule has 1 amide bonds. The van der Waals surface area contributed by atoms with E-state index in [2.05, 4.69) is 15.3 Å². The number of carbonyl (C=O) groups is 1. The quantitative estimate of drug-likeness (QED) is 0.911. The topological polar surface area (TPSA) is 58.1 Å². The molecule has 3 rings (SSSR count). The molecule has 2 heterocycles. The van der Waals surface area contributed by atoms with Crippen molar-refractivity contribution in [2.24, 2.45) is 0 Å². The first-order valence-electron chi connectivity index (χ1n) is 7.29. The fourth-order valence-corrected chi connectivity index (χ4v) is 2.70. The van der Waals surface area contributed by atoms with E-state index in [9.17, 15) is 4.79 Å². The lowest BCUT2D eigenvalue weighted by Crippen LogP contribution is -2.38. The van der Waals surface area contributed by atoms with Gasteiger partial charge in [0.1, 0.15) is 0 Å².